The minimum atomic E-state index is -0.591. The molecule has 0 bridgehead atoms. The summed E-state index contributed by atoms with van der Waals surface area (Å²) >= 11 is 1.56. The van der Waals surface area contributed by atoms with Crippen molar-refractivity contribution in [2.75, 3.05) is 23.3 Å². The maximum absolute atomic E-state index is 13.0. The number of hydrogen-bond donors (Lipinski definition) is 2. The summed E-state index contributed by atoms with van der Waals surface area (Å²) < 4.78 is 5.27. The predicted molar refractivity (Wildman–Crippen MR) is 134 cm³/mol. The van der Waals surface area contributed by atoms with Gasteiger partial charge < -0.3 is 20.1 Å². The summed E-state index contributed by atoms with van der Waals surface area (Å²) in [6.45, 7) is 4.15. The van der Waals surface area contributed by atoms with Gasteiger partial charge in [-0.05, 0) is 48.9 Å². The highest BCUT2D eigenvalue weighted by atomic mass is 32.1. The third-order valence-corrected chi connectivity index (χ3v) is 6.58. The number of aromatic nitrogens is 2. The molecule has 180 valence electrons. The fourth-order valence-electron chi connectivity index (χ4n) is 4.01. The lowest BCUT2D eigenvalue weighted by molar-refractivity contribution is -0.126. The molecule has 0 saturated carbocycles. The van der Waals surface area contributed by atoms with Crippen molar-refractivity contribution in [2.24, 2.45) is 0 Å². The molecule has 3 heterocycles. The van der Waals surface area contributed by atoms with E-state index in [1.54, 1.807) is 11.3 Å². The van der Waals surface area contributed by atoms with E-state index in [-0.39, 0.29) is 18.2 Å². The van der Waals surface area contributed by atoms with Crippen LogP contribution in [-0.4, -0.2) is 41.1 Å². The summed E-state index contributed by atoms with van der Waals surface area (Å²) in [5.41, 5.74) is 2.76. The number of rotatable bonds is 11. The Morgan fingerprint density at radius 2 is 2.09 bits per heavy atom. The summed E-state index contributed by atoms with van der Waals surface area (Å²) in [6.07, 6.45) is 5.26. The van der Waals surface area contributed by atoms with Gasteiger partial charge in [0.2, 0.25) is 23.5 Å². The second kappa shape index (κ2) is 11.8. The van der Waals surface area contributed by atoms with Crippen molar-refractivity contribution in [3.8, 4) is 11.4 Å². The highest BCUT2D eigenvalue weighted by Crippen LogP contribution is 2.23. The topological polar surface area (TPSA) is 100 Å². The van der Waals surface area contributed by atoms with E-state index in [1.165, 1.54) is 12.8 Å². The molecule has 1 aliphatic heterocycles. The van der Waals surface area contributed by atoms with Crippen LogP contribution in [0.25, 0.3) is 11.4 Å². The van der Waals surface area contributed by atoms with Gasteiger partial charge in [0.05, 0.1) is 0 Å². The smallest absolute Gasteiger partial charge is 0.246 e. The molecule has 0 aliphatic carbocycles. The van der Waals surface area contributed by atoms with E-state index in [0.29, 0.717) is 24.6 Å². The van der Waals surface area contributed by atoms with Crippen LogP contribution in [0, 0.1) is 0 Å². The summed E-state index contributed by atoms with van der Waals surface area (Å²) in [5, 5.41) is 13.8. The van der Waals surface area contributed by atoms with E-state index in [1.807, 2.05) is 35.0 Å². The summed E-state index contributed by atoms with van der Waals surface area (Å²) in [4.78, 5) is 32.3. The third kappa shape index (κ3) is 6.44. The minimum Gasteiger partial charge on any atom is -0.371 e. The van der Waals surface area contributed by atoms with Crippen molar-refractivity contribution >= 4 is 34.5 Å². The Morgan fingerprint density at radius 1 is 1.24 bits per heavy atom. The fourth-order valence-corrected chi connectivity index (χ4v) is 4.65. The fraction of sp³-hybridized carbons (Fsp3) is 0.440. The molecule has 1 fully saturated rings. The second-order valence-corrected chi connectivity index (χ2v) is 9.30. The molecule has 3 aromatic rings. The van der Waals surface area contributed by atoms with Gasteiger partial charge in [0.1, 0.15) is 6.04 Å². The Balaban J connectivity index is 1.32. The van der Waals surface area contributed by atoms with Crippen LogP contribution >= 0.6 is 11.3 Å². The van der Waals surface area contributed by atoms with Gasteiger partial charge in [0.15, 0.2) is 0 Å². The molecule has 8 nitrogen and oxygen atoms in total. The zero-order valence-corrected chi connectivity index (χ0v) is 20.3. The molecular formula is C25H31N5O3S. The molecule has 0 radical (unpaired) electrons. The van der Waals surface area contributed by atoms with Gasteiger partial charge in [-0.15, -0.1) is 0 Å². The lowest BCUT2D eigenvalue weighted by Crippen LogP contribution is -2.43. The van der Waals surface area contributed by atoms with Crippen LogP contribution in [0.4, 0.5) is 11.4 Å². The van der Waals surface area contributed by atoms with Crippen molar-refractivity contribution < 1.29 is 14.1 Å². The quantitative estimate of drug-likeness (QED) is 0.414. The summed E-state index contributed by atoms with van der Waals surface area (Å²) in [5.74, 6) is 0.521. The molecule has 1 aliphatic rings. The Morgan fingerprint density at radius 3 is 2.85 bits per heavy atom. The first-order valence-corrected chi connectivity index (χ1v) is 12.9. The Kier molecular flexibility index (Phi) is 8.30. The molecule has 34 heavy (non-hydrogen) atoms. The van der Waals surface area contributed by atoms with Gasteiger partial charge >= 0.3 is 0 Å². The first kappa shape index (κ1) is 23.9. The highest BCUT2D eigenvalue weighted by molar-refractivity contribution is 7.08. The molecule has 1 saturated heterocycles. The number of carbonyl (C=O) groups is 2. The number of aryl methyl sites for hydroxylation is 1. The molecule has 1 aromatic carbocycles. The van der Waals surface area contributed by atoms with Crippen LogP contribution in [-0.2, 0) is 16.0 Å². The van der Waals surface area contributed by atoms with E-state index in [9.17, 15) is 9.59 Å². The maximum Gasteiger partial charge on any atom is 0.246 e. The number of thiophene rings is 1. The van der Waals surface area contributed by atoms with E-state index >= 15 is 0 Å². The monoisotopic (exact) mass is 481 g/mol. The molecule has 2 aromatic heterocycles. The number of unbranched alkanes of at least 4 members (excludes halogenated alkanes) is 1. The number of hydrogen-bond acceptors (Lipinski definition) is 7. The second-order valence-electron chi connectivity index (χ2n) is 8.52. The van der Waals surface area contributed by atoms with Crippen molar-refractivity contribution in [1.82, 2.24) is 15.5 Å². The number of nitrogens with one attached hydrogen (secondary N) is 2. The van der Waals surface area contributed by atoms with Crippen LogP contribution < -0.4 is 15.5 Å². The molecular weight excluding hydrogens is 450 g/mol. The summed E-state index contributed by atoms with van der Waals surface area (Å²) in [6, 6.07) is 9.24. The van der Waals surface area contributed by atoms with Gasteiger partial charge in [-0.25, -0.2) is 0 Å². The number of carbonyl (C=O) groups excluding carboxylic acids is 2. The lowest BCUT2D eigenvalue weighted by Gasteiger charge is -2.20. The first-order chi connectivity index (χ1) is 16.6. The van der Waals surface area contributed by atoms with E-state index in [0.717, 1.165) is 42.9 Å². The number of benzene rings is 1. The minimum absolute atomic E-state index is 0.172. The highest BCUT2D eigenvalue weighted by Gasteiger charge is 2.21. The van der Waals surface area contributed by atoms with Gasteiger partial charge in [0.25, 0.3) is 0 Å². The number of anilines is 2. The van der Waals surface area contributed by atoms with Gasteiger partial charge in [-0.1, -0.05) is 31.0 Å². The van der Waals surface area contributed by atoms with Crippen molar-refractivity contribution in [2.45, 2.75) is 57.9 Å². The summed E-state index contributed by atoms with van der Waals surface area (Å²) in [7, 11) is 0. The van der Waals surface area contributed by atoms with Crippen LogP contribution in [0.1, 0.15) is 51.3 Å². The van der Waals surface area contributed by atoms with Crippen molar-refractivity contribution in [3.63, 3.8) is 0 Å². The van der Waals surface area contributed by atoms with Crippen molar-refractivity contribution in [3.05, 3.63) is 47.0 Å². The standard InChI is InChI=1S/C25H31N5O3S/c1-2-3-9-21(25(32)26-19-7-6-8-20(16-19)30-13-4-5-14-30)27-22(31)10-11-23-28-24(29-33-23)18-12-15-34-17-18/h6-8,12,15-17,21H,2-5,9-11,13-14H2,1H3,(H,26,32)(H,27,31). The predicted octanol–water partition coefficient (Wildman–Crippen LogP) is 4.64. The molecule has 1 atom stereocenters. The molecule has 1 unspecified atom stereocenters. The number of nitrogens with zero attached hydrogens (tertiary/aromatic N) is 3. The van der Waals surface area contributed by atoms with Crippen LogP contribution in [0.3, 0.4) is 0 Å². The van der Waals surface area contributed by atoms with E-state index in [2.05, 4.69) is 38.7 Å². The van der Waals surface area contributed by atoms with Crippen LogP contribution in [0.2, 0.25) is 0 Å². The van der Waals surface area contributed by atoms with Crippen molar-refractivity contribution in [1.29, 1.82) is 0 Å². The number of amides is 2. The largest absolute Gasteiger partial charge is 0.371 e. The lowest BCUT2D eigenvalue weighted by atomic mass is 10.1. The first-order valence-electron chi connectivity index (χ1n) is 11.9. The molecule has 9 heteroatoms. The van der Waals surface area contributed by atoms with Crippen LogP contribution in [0.5, 0.6) is 0 Å². The zero-order valence-electron chi connectivity index (χ0n) is 19.5. The zero-order chi connectivity index (χ0) is 23.8. The Labute approximate surface area is 203 Å². The SMILES string of the molecule is CCCCC(NC(=O)CCc1nc(-c2ccsc2)no1)C(=O)Nc1cccc(N2CCCC2)c1. The van der Waals surface area contributed by atoms with Crippen LogP contribution in [0.15, 0.2) is 45.6 Å². The Bertz CT molecular complexity index is 1080. The van der Waals surface area contributed by atoms with Gasteiger partial charge in [0, 0.05) is 48.2 Å². The normalized spacial score (nSPS) is 14.2. The van der Waals surface area contributed by atoms with E-state index < -0.39 is 6.04 Å². The average molecular weight is 482 g/mol. The van der Waals surface area contributed by atoms with Gasteiger partial charge in [-0.3, -0.25) is 9.59 Å². The molecule has 4 rings (SSSR count). The van der Waals surface area contributed by atoms with E-state index in [4.69, 9.17) is 4.52 Å². The molecule has 2 amide bonds. The Hall–Kier alpha value is -3.20. The molecule has 2 N–H and O–H groups in total. The van der Waals surface area contributed by atoms with Gasteiger partial charge in [-0.2, -0.15) is 16.3 Å². The maximum atomic E-state index is 13.0. The molecule has 0 spiro atoms. The third-order valence-electron chi connectivity index (χ3n) is 5.90. The average Bonchev–Trinajstić information content (AvgIpc) is 3.63.